The molecular weight excluding hydrogens is 218 g/mol. The van der Waals surface area contributed by atoms with Gasteiger partial charge in [0.15, 0.2) is 6.29 Å². The van der Waals surface area contributed by atoms with Gasteiger partial charge in [-0.2, -0.15) is 5.26 Å². The number of carbonyl (C=O) groups excluding carboxylic acids is 2. The van der Waals surface area contributed by atoms with Crippen LogP contribution in [0.25, 0.3) is 0 Å². The molecule has 0 aliphatic carbocycles. The van der Waals surface area contributed by atoms with Gasteiger partial charge in [0.2, 0.25) is 0 Å². The first-order valence-electron chi connectivity index (χ1n) is 3.91. The van der Waals surface area contributed by atoms with Crippen LogP contribution in [0.1, 0.15) is 26.3 Å². The smallest absolute Gasteiger partial charge is 0.256 e. The summed E-state index contributed by atoms with van der Waals surface area (Å²) in [7, 11) is 1.30. The van der Waals surface area contributed by atoms with Crippen molar-refractivity contribution in [3.8, 4) is 11.8 Å². The van der Waals surface area contributed by atoms with Crippen LogP contribution < -0.4 is 4.74 Å². The summed E-state index contributed by atoms with van der Waals surface area (Å²) in [5.41, 5.74) is 0.246. The first-order chi connectivity index (χ1) is 7.15. The fourth-order valence-electron chi connectivity index (χ4n) is 1.19. The van der Waals surface area contributed by atoms with Gasteiger partial charge in [0.05, 0.1) is 23.8 Å². The Morgan fingerprint density at radius 1 is 1.60 bits per heavy atom. The average Bonchev–Trinajstić information content (AvgIpc) is 2.26. The Balaban J connectivity index is 3.56. The van der Waals surface area contributed by atoms with E-state index in [1.807, 2.05) is 6.07 Å². The van der Waals surface area contributed by atoms with Crippen LogP contribution in [0.2, 0.25) is 0 Å². The largest absolute Gasteiger partial charge is 0.495 e. The van der Waals surface area contributed by atoms with Crippen molar-refractivity contribution in [1.29, 1.82) is 5.26 Å². The number of benzene rings is 1. The third kappa shape index (κ3) is 1.97. The minimum absolute atomic E-state index is 0.0315. The molecule has 5 heteroatoms. The maximum atomic E-state index is 11.0. The van der Waals surface area contributed by atoms with Gasteiger partial charge in [0.1, 0.15) is 11.8 Å². The number of nitrogens with zero attached hydrogens (tertiary/aromatic N) is 1. The lowest BCUT2D eigenvalue weighted by molar-refractivity contribution is 0.107. The van der Waals surface area contributed by atoms with Gasteiger partial charge in [0, 0.05) is 0 Å². The number of carbonyl (C=O) groups is 2. The second-order valence-corrected chi connectivity index (χ2v) is 2.95. The van der Waals surface area contributed by atoms with Gasteiger partial charge in [-0.1, -0.05) is 0 Å². The minimum Gasteiger partial charge on any atom is -0.495 e. The third-order valence-corrected chi connectivity index (χ3v) is 2.05. The molecule has 0 spiro atoms. The fraction of sp³-hybridized carbons (Fsp3) is 0.100. The van der Waals surface area contributed by atoms with Gasteiger partial charge in [-0.05, 0) is 23.7 Å². The summed E-state index contributed by atoms with van der Waals surface area (Å²) >= 11 is 5.29. The molecule has 0 unspecified atom stereocenters. The van der Waals surface area contributed by atoms with Crippen LogP contribution in [0.3, 0.4) is 0 Å². The Morgan fingerprint density at radius 3 is 2.67 bits per heavy atom. The quantitative estimate of drug-likeness (QED) is 0.578. The summed E-state index contributed by atoms with van der Waals surface area (Å²) in [6.45, 7) is 0. The molecule has 0 saturated heterocycles. The fourth-order valence-corrected chi connectivity index (χ4v) is 1.34. The lowest BCUT2D eigenvalue weighted by Gasteiger charge is -2.08. The maximum absolute atomic E-state index is 11.0. The number of hydrogen-bond donors (Lipinski definition) is 0. The van der Waals surface area contributed by atoms with E-state index in [0.717, 1.165) is 0 Å². The standard InChI is InChI=1S/C10H6ClNO3/c1-15-9-7(10(11)14)3-2-6(4-12)8(9)5-13/h2-3,5H,1H3. The molecule has 0 amide bonds. The maximum Gasteiger partial charge on any atom is 0.256 e. The molecule has 76 valence electrons. The Hall–Kier alpha value is -1.86. The second-order valence-electron chi connectivity index (χ2n) is 2.61. The zero-order valence-corrected chi connectivity index (χ0v) is 8.54. The Labute approximate surface area is 91.0 Å². The zero-order valence-electron chi connectivity index (χ0n) is 7.78. The van der Waals surface area contributed by atoms with Crippen molar-refractivity contribution in [3.63, 3.8) is 0 Å². The molecule has 0 heterocycles. The van der Waals surface area contributed by atoms with Gasteiger partial charge in [-0.3, -0.25) is 9.59 Å². The zero-order chi connectivity index (χ0) is 11.4. The number of aldehydes is 1. The van der Waals surface area contributed by atoms with E-state index in [-0.39, 0.29) is 22.4 Å². The van der Waals surface area contributed by atoms with E-state index < -0.39 is 5.24 Å². The molecule has 4 nitrogen and oxygen atoms in total. The van der Waals surface area contributed by atoms with E-state index >= 15 is 0 Å². The molecule has 1 aromatic carbocycles. The highest BCUT2D eigenvalue weighted by molar-refractivity contribution is 6.68. The minimum atomic E-state index is -0.737. The van der Waals surface area contributed by atoms with Crippen LogP contribution in [0.5, 0.6) is 5.75 Å². The summed E-state index contributed by atoms with van der Waals surface area (Å²) in [5.74, 6) is 0.0315. The van der Waals surface area contributed by atoms with Crippen LogP contribution in [-0.4, -0.2) is 18.6 Å². The summed E-state index contributed by atoms with van der Waals surface area (Å²) in [4.78, 5) is 21.7. The lowest BCUT2D eigenvalue weighted by Crippen LogP contribution is -2.01. The summed E-state index contributed by atoms with van der Waals surface area (Å²) in [5, 5.41) is 7.98. The highest BCUT2D eigenvalue weighted by atomic mass is 35.5. The molecule has 0 aromatic heterocycles. The molecule has 1 aromatic rings. The monoisotopic (exact) mass is 223 g/mol. The predicted molar refractivity (Wildman–Crippen MR) is 53.3 cm³/mol. The van der Waals surface area contributed by atoms with E-state index in [9.17, 15) is 9.59 Å². The van der Waals surface area contributed by atoms with Crippen LogP contribution in [-0.2, 0) is 0 Å². The molecule has 0 N–H and O–H groups in total. The topological polar surface area (TPSA) is 67.2 Å². The normalized spacial score (nSPS) is 9.13. The summed E-state index contributed by atoms with van der Waals surface area (Å²) in [6.07, 6.45) is 0.459. The molecule has 0 atom stereocenters. The predicted octanol–water partition coefficient (Wildman–Crippen LogP) is 1.76. The number of hydrogen-bond acceptors (Lipinski definition) is 4. The van der Waals surface area contributed by atoms with Crippen LogP contribution in [0.4, 0.5) is 0 Å². The molecule has 0 aliphatic heterocycles. The summed E-state index contributed by atoms with van der Waals surface area (Å²) < 4.78 is 4.88. The highest BCUT2D eigenvalue weighted by Gasteiger charge is 2.17. The number of nitriles is 1. The van der Waals surface area contributed by atoms with Crippen LogP contribution in [0.15, 0.2) is 12.1 Å². The van der Waals surface area contributed by atoms with E-state index in [2.05, 4.69) is 0 Å². The van der Waals surface area contributed by atoms with E-state index in [0.29, 0.717) is 6.29 Å². The van der Waals surface area contributed by atoms with Gasteiger partial charge >= 0.3 is 0 Å². The first-order valence-corrected chi connectivity index (χ1v) is 4.29. The molecule has 0 saturated carbocycles. The molecule has 1 rings (SSSR count). The number of rotatable bonds is 3. The molecule has 15 heavy (non-hydrogen) atoms. The summed E-state index contributed by atoms with van der Waals surface area (Å²) in [6, 6.07) is 4.52. The van der Waals surface area contributed by atoms with Gasteiger partial charge in [0.25, 0.3) is 5.24 Å². The van der Waals surface area contributed by atoms with Gasteiger partial charge in [-0.15, -0.1) is 0 Å². The van der Waals surface area contributed by atoms with E-state index in [1.165, 1.54) is 19.2 Å². The van der Waals surface area contributed by atoms with Crippen molar-refractivity contribution < 1.29 is 14.3 Å². The molecule has 0 bridgehead atoms. The Bertz CT molecular complexity index is 462. The first kappa shape index (κ1) is 11.2. The van der Waals surface area contributed by atoms with Crippen molar-refractivity contribution in [2.24, 2.45) is 0 Å². The number of halogens is 1. The van der Waals surface area contributed by atoms with Crippen LogP contribution in [0, 0.1) is 11.3 Å². The molecular formula is C10H6ClNO3. The van der Waals surface area contributed by atoms with E-state index in [4.69, 9.17) is 21.6 Å². The molecule has 0 radical (unpaired) electrons. The van der Waals surface area contributed by atoms with Crippen molar-refractivity contribution in [3.05, 3.63) is 28.8 Å². The Kier molecular flexibility index (Phi) is 3.42. The number of methoxy groups -OCH3 is 1. The number of ether oxygens (including phenoxy) is 1. The average molecular weight is 224 g/mol. The molecule has 0 fully saturated rings. The second kappa shape index (κ2) is 4.58. The van der Waals surface area contributed by atoms with Crippen molar-refractivity contribution in [1.82, 2.24) is 0 Å². The SMILES string of the molecule is COc1c(C(=O)Cl)ccc(C#N)c1C=O. The molecule has 0 aliphatic rings. The van der Waals surface area contributed by atoms with E-state index in [1.54, 1.807) is 0 Å². The third-order valence-electron chi connectivity index (χ3n) is 1.85. The van der Waals surface area contributed by atoms with Crippen LogP contribution >= 0.6 is 11.6 Å². The van der Waals surface area contributed by atoms with Crippen molar-refractivity contribution >= 4 is 23.1 Å². The van der Waals surface area contributed by atoms with Crippen molar-refractivity contribution in [2.45, 2.75) is 0 Å². The Morgan fingerprint density at radius 2 is 2.27 bits per heavy atom. The van der Waals surface area contributed by atoms with Crippen molar-refractivity contribution in [2.75, 3.05) is 7.11 Å². The van der Waals surface area contributed by atoms with Gasteiger partial charge < -0.3 is 4.74 Å². The lowest BCUT2D eigenvalue weighted by atomic mass is 10.0. The van der Waals surface area contributed by atoms with Gasteiger partial charge in [-0.25, -0.2) is 0 Å². The highest BCUT2D eigenvalue weighted by Crippen LogP contribution is 2.26.